The fraction of sp³-hybridized carbons (Fsp3) is 0.700. The van der Waals surface area contributed by atoms with Crippen LogP contribution in [0.3, 0.4) is 0 Å². The average molecular weight is 224 g/mol. The Kier molecular flexibility index (Phi) is 3.19. The van der Waals surface area contributed by atoms with Gasteiger partial charge in [-0.05, 0) is 6.42 Å². The maximum absolute atomic E-state index is 11.2. The molecule has 0 saturated heterocycles. The molecular formula is C10H16N4O2. The summed E-state index contributed by atoms with van der Waals surface area (Å²) in [7, 11) is 0. The number of fused-ring (bicyclic) bond motifs is 1. The molecular weight excluding hydrogens is 208 g/mol. The highest BCUT2D eigenvalue weighted by Crippen LogP contribution is 2.15. The van der Waals surface area contributed by atoms with Gasteiger partial charge in [0.2, 0.25) is 0 Å². The van der Waals surface area contributed by atoms with Crippen LogP contribution in [0, 0.1) is 0 Å². The van der Waals surface area contributed by atoms with Crippen LogP contribution in [0.5, 0.6) is 0 Å². The lowest BCUT2D eigenvalue weighted by Crippen LogP contribution is -2.45. The normalized spacial score (nSPS) is 18.1. The molecule has 16 heavy (non-hydrogen) atoms. The van der Waals surface area contributed by atoms with E-state index in [-0.39, 0.29) is 0 Å². The summed E-state index contributed by atoms with van der Waals surface area (Å²) in [6, 6.07) is -0.393. The molecule has 1 aromatic rings. The quantitative estimate of drug-likeness (QED) is 0.799. The van der Waals surface area contributed by atoms with Gasteiger partial charge in [0.15, 0.2) is 0 Å². The molecule has 1 atom stereocenters. The van der Waals surface area contributed by atoms with E-state index in [0.29, 0.717) is 13.0 Å². The Morgan fingerprint density at radius 3 is 3.12 bits per heavy atom. The Bertz CT molecular complexity index is 377. The molecule has 1 unspecified atom stereocenters. The van der Waals surface area contributed by atoms with E-state index in [1.165, 1.54) is 0 Å². The fourth-order valence-corrected chi connectivity index (χ4v) is 2.09. The van der Waals surface area contributed by atoms with Crippen LogP contribution in [0.25, 0.3) is 0 Å². The third-order valence-electron chi connectivity index (χ3n) is 2.96. The standard InChI is InChI=1S/C10H16N4O2/c1-2-3-8(10(15)16)13-4-5-14-7-11-12-9(14)6-13/h7-8H,2-6H2,1H3,(H,15,16). The fourth-order valence-electron chi connectivity index (χ4n) is 2.09. The number of aliphatic carboxylic acids is 1. The van der Waals surface area contributed by atoms with E-state index in [1.807, 2.05) is 16.4 Å². The molecule has 1 aliphatic rings. The Labute approximate surface area is 93.9 Å². The van der Waals surface area contributed by atoms with Crippen LogP contribution in [0.4, 0.5) is 0 Å². The topological polar surface area (TPSA) is 71.2 Å². The summed E-state index contributed by atoms with van der Waals surface area (Å²) in [5.41, 5.74) is 0. The molecule has 88 valence electrons. The lowest BCUT2D eigenvalue weighted by atomic mass is 10.1. The lowest BCUT2D eigenvalue weighted by Gasteiger charge is -2.31. The number of hydrogen-bond acceptors (Lipinski definition) is 4. The maximum Gasteiger partial charge on any atom is 0.320 e. The molecule has 0 aromatic carbocycles. The van der Waals surface area contributed by atoms with Crippen molar-refractivity contribution in [1.82, 2.24) is 19.7 Å². The van der Waals surface area contributed by atoms with Gasteiger partial charge in [-0.3, -0.25) is 9.69 Å². The van der Waals surface area contributed by atoms with Crippen LogP contribution in [-0.2, 0) is 17.9 Å². The van der Waals surface area contributed by atoms with Crippen molar-refractivity contribution in [1.29, 1.82) is 0 Å². The highest BCUT2D eigenvalue weighted by atomic mass is 16.4. The number of nitrogens with zero attached hydrogens (tertiary/aromatic N) is 4. The minimum absolute atomic E-state index is 0.393. The van der Waals surface area contributed by atoms with E-state index in [2.05, 4.69) is 10.2 Å². The summed E-state index contributed by atoms with van der Waals surface area (Å²) in [6.45, 7) is 4.11. The van der Waals surface area contributed by atoms with Gasteiger partial charge in [0.25, 0.3) is 0 Å². The van der Waals surface area contributed by atoms with Gasteiger partial charge in [0.05, 0.1) is 6.54 Å². The summed E-state index contributed by atoms with van der Waals surface area (Å²) < 4.78 is 1.97. The molecule has 2 heterocycles. The van der Waals surface area contributed by atoms with Crippen molar-refractivity contribution >= 4 is 5.97 Å². The van der Waals surface area contributed by atoms with Gasteiger partial charge < -0.3 is 9.67 Å². The zero-order valence-electron chi connectivity index (χ0n) is 9.33. The molecule has 0 bridgehead atoms. The zero-order valence-corrected chi connectivity index (χ0v) is 9.33. The van der Waals surface area contributed by atoms with Gasteiger partial charge in [-0.15, -0.1) is 10.2 Å². The summed E-state index contributed by atoms with van der Waals surface area (Å²) in [5, 5.41) is 17.0. The molecule has 1 N–H and O–H groups in total. The van der Waals surface area contributed by atoms with E-state index in [1.54, 1.807) is 6.33 Å². The van der Waals surface area contributed by atoms with Crippen LogP contribution in [0.1, 0.15) is 25.6 Å². The molecule has 0 amide bonds. The average Bonchev–Trinajstić information content (AvgIpc) is 2.72. The van der Waals surface area contributed by atoms with Gasteiger partial charge in [0.1, 0.15) is 18.2 Å². The first-order valence-electron chi connectivity index (χ1n) is 5.56. The molecule has 6 nitrogen and oxygen atoms in total. The number of hydrogen-bond donors (Lipinski definition) is 1. The van der Waals surface area contributed by atoms with Gasteiger partial charge in [-0.25, -0.2) is 0 Å². The summed E-state index contributed by atoms with van der Waals surface area (Å²) >= 11 is 0. The Morgan fingerprint density at radius 2 is 2.44 bits per heavy atom. The first kappa shape index (κ1) is 11.1. The predicted molar refractivity (Wildman–Crippen MR) is 56.8 cm³/mol. The van der Waals surface area contributed by atoms with Gasteiger partial charge in [0, 0.05) is 13.1 Å². The molecule has 0 spiro atoms. The first-order valence-corrected chi connectivity index (χ1v) is 5.56. The van der Waals surface area contributed by atoms with Crippen molar-refractivity contribution in [2.24, 2.45) is 0 Å². The van der Waals surface area contributed by atoms with Crippen molar-refractivity contribution in [2.45, 2.75) is 38.9 Å². The summed E-state index contributed by atoms with van der Waals surface area (Å²) in [6.07, 6.45) is 3.26. The van der Waals surface area contributed by atoms with Gasteiger partial charge in [-0.2, -0.15) is 0 Å². The van der Waals surface area contributed by atoms with Crippen LogP contribution in [0.2, 0.25) is 0 Å². The van der Waals surface area contributed by atoms with Crippen LogP contribution in [-0.4, -0.2) is 43.3 Å². The Balaban J connectivity index is 2.09. The molecule has 1 aliphatic heterocycles. The van der Waals surface area contributed by atoms with Crippen molar-refractivity contribution in [3.05, 3.63) is 12.2 Å². The molecule has 0 radical (unpaired) electrons. The maximum atomic E-state index is 11.2. The molecule has 6 heteroatoms. The zero-order chi connectivity index (χ0) is 11.5. The van der Waals surface area contributed by atoms with Crippen molar-refractivity contribution in [3.63, 3.8) is 0 Å². The molecule has 0 aliphatic carbocycles. The molecule has 0 saturated carbocycles. The second kappa shape index (κ2) is 4.61. The third kappa shape index (κ3) is 2.06. The van der Waals surface area contributed by atoms with Crippen molar-refractivity contribution < 1.29 is 9.90 Å². The second-order valence-corrected chi connectivity index (χ2v) is 4.05. The first-order chi connectivity index (χ1) is 7.72. The lowest BCUT2D eigenvalue weighted by molar-refractivity contribution is -0.144. The minimum atomic E-state index is -0.741. The van der Waals surface area contributed by atoms with E-state index >= 15 is 0 Å². The van der Waals surface area contributed by atoms with Crippen LogP contribution < -0.4 is 0 Å². The number of carbonyl (C=O) groups is 1. The smallest absolute Gasteiger partial charge is 0.320 e. The van der Waals surface area contributed by atoms with E-state index in [9.17, 15) is 9.90 Å². The Hall–Kier alpha value is -1.43. The van der Waals surface area contributed by atoms with Crippen molar-refractivity contribution in [3.8, 4) is 0 Å². The number of carboxylic acid groups (broad SMARTS) is 1. The monoisotopic (exact) mass is 224 g/mol. The largest absolute Gasteiger partial charge is 0.480 e. The second-order valence-electron chi connectivity index (χ2n) is 4.05. The Morgan fingerprint density at radius 1 is 1.62 bits per heavy atom. The third-order valence-corrected chi connectivity index (χ3v) is 2.96. The van der Waals surface area contributed by atoms with Crippen LogP contribution in [0.15, 0.2) is 6.33 Å². The summed E-state index contributed by atoms with van der Waals surface area (Å²) in [5.74, 6) is 0.114. The highest BCUT2D eigenvalue weighted by molar-refractivity contribution is 5.73. The SMILES string of the molecule is CCCC(C(=O)O)N1CCn2cnnc2C1. The summed E-state index contributed by atoms with van der Waals surface area (Å²) in [4.78, 5) is 13.1. The molecule has 1 aromatic heterocycles. The minimum Gasteiger partial charge on any atom is -0.480 e. The number of rotatable bonds is 4. The predicted octanol–water partition coefficient (Wildman–Crippen LogP) is 0.347. The van der Waals surface area contributed by atoms with Gasteiger partial charge in [-0.1, -0.05) is 13.3 Å². The number of aromatic nitrogens is 3. The van der Waals surface area contributed by atoms with Gasteiger partial charge >= 0.3 is 5.97 Å². The van der Waals surface area contributed by atoms with Crippen molar-refractivity contribution in [2.75, 3.05) is 6.54 Å². The van der Waals surface area contributed by atoms with E-state index < -0.39 is 12.0 Å². The molecule has 0 fully saturated rings. The van der Waals surface area contributed by atoms with E-state index in [0.717, 1.165) is 25.3 Å². The van der Waals surface area contributed by atoms with E-state index in [4.69, 9.17) is 0 Å². The van der Waals surface area contributed by atoms with Crippen LogP contribution >= 0.6 is 0 Å². The molecule has 2 rings (SSSR count). The highest BCUT2D eigenvalue weighted by Gasteiger charge is 2.28. The number of carboxylic acids is 1.